The highest BCUT2D eigenvalue weighted by atomic mass is 19.1. The lowest BCUT2D eigenvalue weighted by atomic mass is 10.0. The third-order valence-corrected chi connectivity index (χ3v) is 5.34. The van der Waals surface area contributed by atoms with Gasteiger partial charge in [-0.15, -0.1) is 0 Å². The number of pyridine rings is 1. The van der Waals surface area contributed by atoms with Gasteiger partial charge in [0.05, 0.1) is 11.2 Å². The van der Waals surface area contributed by atoms with Crippen molar-refractivity contribution in [1.82, 2.24) is 9.47 Å². The number of benzene rings is 1. The van der Waals surface area contributed by atoms with Crippen LogP contribution in [0.4, 0.5) is 14.9 Å². The number of nitriles is 1. The number of piperazine rings is 1. The van der Waals surface area contributed by atoms with Gasteiger partial charge in [-0.2, -0.15) is 5.26 Å². The van der Waals surface area contributed by atoms with Gasteiger partial charge in [-0.1, -0.05) is 0 Å². The van der Waals surface area contributed by atoms with E-state index in [4.69, 9.17) is 4.74 Å². The first kappa shape index (κ1) is 21.6. The maximum atomic E-state index is 14.1. The summed E-state index contributed by atoms with van der Waals surface area (Å²) in [4.78, 5) is 29.0. The molecule has 7 nitrogen and oxygen atoms in total. The number of rotatable bonds is 1. The number of halogens is 1. The lowest BCUT2D eigenvalue weighted by molar-refractivity contribution is 0.0130. The zero-order valence-corrected chi connectivity index (χ0v) is 18.2. The Morgan fingerprint density at radius 1 is 1.23 bits per heavy atom. The van der Waals surface area contributed by atoms with Gasteiger partial charge < -0.3 is 19.1 Å². The van der Waals surface area contributed by atoms with Gasteiger partial charge in [0, 0.05) is 37.6 Å². The number of hydrogen-bond donors (Lipinski definition) is 0. The molecule has 30 heavy (non-hydrogen) atoms. The predicted molar refractivity (Wildman–Crippen MR) is 113 cm³/mol. The Morgan fingerprint density at radius 3 is 2.50 bits per heavy atom. The van der Waals surface area contributed by atoms with Gasteiger partial charge in [0.15, 0.2) is 0 Å². The van der Waals surface area contributed by atoms with Crippen molar-refractivity contribution in [1.29, 1.82) is 5.26 Å². The second-order valence-electron chi connectivity index (χ2n) is 8.84. The van der Waals surface area contributed by atoms with E-state index in [1.807, 2.05) is 45.6 Å². The van der Waals surface area contributed by atoms with Crippen LogP contribution in [0.2, 0.25) is 0 Å². The maximum absolute atomic E-state index is 14.1. The van der Waals surface area contributed by atoms with Gasteiger partial charge in [-0.3, -0.25) is 4.79 Å². The fourth-order valence-corrected chi connectivity index (χ4v) is 3.92. The first-order chi connectivity index (χ1) is 13.9. The Bertz CT molecular complexity index is 1100. The number of carbonyl (C=O) groups excluding carboxylic acids is 1. The molecule has 1 amide bonds. The average molecular weight is 414 g/mol. The van der Waals surface area contributed by atoms with Gasteiger partial charge in [-0.05, 0) is 52.8 Å². The summed E-state index contributed by atoms with van der Waals surface area (Å²) < 4.78 is 21.0. The van der Waals surface area contributed by atoms with Gasteiger partial charge in [-0.25, -0.2) is 9.18 Å². The average Bonchev–Trinajstić information content (AvgIpc) is 2.64. The molecule has 0 unspecified atom stereocenters. The van der Waals surface area contributed by atoms with Gasteiger partial charge in [0.1, 0.15) is 23.1 Å². The molecule has 0 aliphatic carbocycles. The Kier molecular flexibility index (Phi) is 5.50. The van der Waals surface area contributed by atoms with Crippen molar-refractivity contribution in [2.24, 2.45) is 7.05 Å². The molecule has 3 rings (SSSR count). The maximum Gasteiger partial charge on any atom is 0.410 e. The van der Waals surface area contributed by atoms with Gasteiger partial charge in [0.25, 0.3) is 5.56 Å². The number of aromatic nitrogens is 1. The number of ether oxygens (including phenoxy) is 1. The molecule has 2 aromatic rings. The molecule has 0 bridgehead atoms. The molecule has 0 radical (unpaired) electrons. The lowest BCUT2D eigenvalue weighted by Crippen LogP contribution is -2.59. The van der Waals surface area contributed by atoms with Crippen molar-refractivity contribution in [3.63, 3.8) is 0 Å². The first-order valence-electron chi connectivity index (χ1n) is 9.93. The van der Waals surface area contributed by atoms with Gasteiger partial charge in [0.2, 0.25) is 0 Å². The molecule has 1 saturated heterocycles. The second kappa shape index (κ2) is 7.63. The molecule has 1 aliphatic rings. The summed E-state index contributed by atoms with van der Waals surface area (Å²) in [6.45, 7) is 9.98. The van der Waals surface area contributed by atoms with E-state index in [-0.39, 0.29) is 17.6 Å². The van der Waals surface area contributed by atoms with Crippen LogP contribution < -0.4 is 10.5 Å². The van der Waals surface area contributed by atoms with E-state index >= 15 is 0 Å². The standard InChI is InChI=1S/C22H27FN4O3/c1-13-12-27(21(29)30-22(3,4)5)14(2)11-26(13)19-16-9-15(23)7-8-18(16)25(6)20(28)17(19)10-24/h7-9,13-14H,11-12H2,1-6H3/t13-,14+/m0/s1. The molecule has 0 spiro atoms. The summed E-state index contributed by atoms with van der Waals surface area (Å²) in [6.07, 6.45) is -0.401. The highest BCUT2D eigenvalue weighted by Crippen LogP contribution is 2.33. The topological polar surface area (TPSA) is 78.6 Å². The highest BCUT2D eigenvalue weighted by Gasteiger charge is 2.36. The molecule has 2 atom stereocenters. The van der Waals surface area contributed by atoms with Crippen LogP contribution >= 0.6 is 0 Å². The number of fused-ring (bicyclic) bond motifs is 1. The van der Waals surface area contributed by atoms with E-state index in [0.29, 0.717) is 29.7 Å². The first-order valence-corrected chi connectivity index (χ1v) is 9.93. The molecular formula is C22H27FN4O3. The molecule has 160 valence electrons. The minimum absolute atomic E-state index is 0.0274. The largest absolute Gasteiger partial charge is 0.444 e. The van der Waals surface area contributed by atoms with Crippen molar-refractivity contribution < 1.29 is 13.9 Å². The van der Waals surface area contributed by atoms with Crippen LogP contribution in [0, 0.1) is 17.1 Å². The van der Waals surface area contributed by atoms with E-state index in [9.17, 15) is 19.2 Å². The van der Waals surface area contributed by atoms with Crippen LogP contribution in [0.25, 0.3) is 10.9 Å². The molecule has 1 fully saturated rings. The fraction of sp³-hybridized carbons (Fsp3) is 0.500. The molecule has 0 N–H and O–H groups in total. The van der Waals surface area contributed by atoms with Crippen LogP contribution in [0.5, 0.6) is 0 Å². The lowest BCUT2D eigenvalue weighted by Gasteiger charge is -2.45. The van der Waals surface area contributed by atoms with Crippen molar-refractivity contribution in [3.05, 3.63) is 39.9 Å². The monoisotopic (exact) mass is 414 g/mol. The number of amides is 1. The minimum Gasteiger partial charge on any atom is -0.444 e. The van der Waals surface area contributed by atoms with Crippen LogP contribution in [0.15, 0.2) is 23.0 Å². The third kappa shape index (κ3) is 3.84. The minimum atomic E-state index is -0.607. The van der Waals surface area contributed by atoms with E-state index in [0.717, 1.165) is 0 Å². The Labute approximate surface area is 175 Å². The van der Waals surface area contributed by atoms with Crippen LogP contribution in [-0.4, -0.2) is 46.3 Å². The van der Waals surface area contributed by atoms with Crippen LogP contribution in [-0.2, 0) is 11.8 Å². The zero-order valence-electron chi connectivity index (χ0n) is 18.2. The summed E-state index contributed by atoms with van der Waals surface area (Å²) in [7, 11) is 1.57. The molecule has 8 heteroatoms. The number of anilines is 1. The van der Waals surface area contributed by atoms with Crippen molar-refractivity contribution in [2.45, 2.75) is 52.3 Å². The SMILES string of the molecule is C[C@@H]1CN(c2c(C#N)c(=O)n(C)c3ccc(F)cc23)[C@@H](C)CN1C(=O)OC(C)(C)C. The van der Waals surface area contributed by atoms with E-state index < -0.39 is 23.1 Å². The summed E-state index contributed by atoms with van der Waals surface area (Å²) in [6, 6.07) is 5.76. The highest BCUT2D eigenvalue weighted by molar-refractivity contribution is 5.95. The smallest absolute Gasteiger partial charge is 0.410 e. The summed E-state index contributed by atoms with van der Waals surface area (Å²) in [5, 5.41) is 10.2. The zero-order chi connectivity index (χ0) is 22.4. The Morgan fingerprint density at radius 2 is 1.90 bits per heavy atom. The Hall–Kier alpha value is -3.08. The molecule has 0 saturated carbocycles. The summed E-state index contributed by atoms with van der Waals surface area (Å²) >= 11 is 0. The number of nitrogens with zero attached hydrogens (tertiary/aromatic N) is 4. The summed E-state index contributed by atoms with van der Waals surface area (Å²) in [5.41, 5.74) is -0.102. The molecule has 1 aromatic heterocycles. The van der Waals surface area contributed by atoms with Crippen molar-refractivity contribution in [2.75, 3.05) is 18.0 Å². The third-order valence-electron chi connectivity index (χ3n) is 5.34. The van der Waals surface area contributed by atoms with Gasteiger partial charge >= 0.3 is 6.09 Å². The molecule has 1 aromatic carbocycles. The van der Waals surface area contributed by atoms with E-state index in [1.54, 1.807) is 18.0 Å². The van der Waals surface area contributed by atoms with E-state index in [1.165, 1.54) is 16.7 Å². The van der Waals surface area contributed by atoms with Crippen LogP contribution in [0.3, 0.4) is 0 Å². The predicted octanol–water partition coefficient (Wildman–Crippen LogP) is 3.38. The van der Waals surface area contributed by atoms with Crippen LogP contribution in [0.1, 0.15) is 40.2 Å². The Balaban J connectivity index is 2.08. The fourth-order valence-electron chi connectivity index (χ4n) is 3.92. The summed E-state index contributed by atoms with van der Waals surface area (Å²) in [5.74, 6) is -0.445. The number of carbonyl (C=O) groups is 1. The second-order valence-corrected chi connectivity index (χ2v) is 8.84. The number of hydrogen-bond acceptors (Lipinski definition) is 5. The van der Waals surface area contributed by atoms with Crippen molar-refractivity contribution >= 4 is 22.7 Å². The normalized spacial score (nSPS) is 19.7. The van der Waals surface area contributed by atoms with Crippen molar-refractivity contribution in [3.8, 4) is 6.07 Å². The quantitative estimate of drug-likeness (QED) is 0.715. The molecular weight excluding hydrogens is 387 g/mol. The molecule has 1 aliphatic heterocycles. The number of aryl methyl sites for hydroxylation is 1. The van der Waals surface area contributed by atoms with E-state index in [2.05, 4.69) is 0 Å². The molecule has 2 heterocycles.